The zero-order valence-corrected chi connectivity index (χ0v) is 16.9. The molecule has 0 spiro atoms. The van der Waals surface area contributed by atoms with Crippen molar-refractivity contribution in [1.29, 1.82) is 0 Å². The highest BCUT2D eigenvalue weighted by Crippen LogP contribution is 2.25. The molecule has 0 saturated heterocycles. The summed E-state index contributed by atoms with van der Waals surface area (Å²) >= 11 is 0. The lowest BCUT2D eigenvalue weighted by molar-refractivity contribution is 0.00290. The van der Waals surface area contributed by atoms with E-state index in [2.05, 4.69) is 0 Å². The van der Waals surface area contributed by atoms with Gasteiger partial charge in [-0.05, 0) is 66.0 Å². The van der Waals surface area contributed by atoms with Crippen LogP contribution in [0.1, 0.15) is 53.5 Å². The summed E-state index contributed by atoms with van der Waals surface area (Å²) in [5, 5.41) is 0. The predicted molar refractivity (Wildman–Crippen MR) is 93.9 cm³/mol. The van der Waals surface area contributed by atoms with Crippen LogP contribution in [0.15, 0.2) is 12.1 Å². The summed E-state index contributed by atoms with van der Waals surface area (Å²) in [5.74, 6) is -2.97. The van der Waals surface area contributed by atoms with E-state index < -0.39 is 26.3 Å². The van der Waals surface area contributed by atoms with Gasteiger partial charge in [0.25, 0.3) is 0 Å². The maximum absolute atomic E-state index is 13.8. The van der Waals surface area contributed by atoms with Gasteiger partial charge in [-0.1, -0.05) is 0 Å². The van der Waals surface area contributed by atoms with Crippen LogP contribution < -0.4 is 0 Å². The molecule has 0 radical (unpaired) electrons. The fraction of sp³-hybridized carbons (Fsp3) is 0.667. The Kier molecular flexibility index (Phi) is 8.60. The zero-order chi connectivity index (χ0) is 19.2. The van der Waals surface area contributed by atoms with Crippen molar-refractivity contribution in [2.75, 3.05) is 0 Å². The van der Waals surface area contributed by atoms with E-state index in [0.717, 1.165) is 6.07 Å². The third-order valence-electron chi connectivity index (χ3n) is 3.26. The lowest BCUT2D eigenvalue weighted by Gasteiger charge is -2.34. The minimum atomic E-state index is -2.97. The third kappa shape index (κ3) is 7.48. The average molecular weight is 379 g/mol. The van der Waals surface area contributed by atoms with Crippen LogP contribution in [0.3, 0.4) is 0 Å². The first-order valence-electron chi connectivity index (χ1n) is 8.71. The Morgan fingerprint density at radius 1 is 0.760 bits per heavy atom. The van der Waals surface area contributed by atoms with Gasteiger partial charge < -0.3 is 13.3 Å². The molecular weight excluding hydrogens is 349 g/mol. The minimum Gasteiger partial charge on any atom is -0.371 e. The Balaban J connectivity index is 2.88. The smallest absolute Gasteiger partial charge is 0.371 e. The van der Waals surface area contributed by atoms with Gasteiger partial charge >= 0.3 is 8.80 Å². The molecule has 0 bridgehead atoms. The van der Waals surface area contributed by atoms with Crippen molar-refractivity contribution in [3.63, 3.8) is 0 Å². The van der Waals surface area contributed by atoms with Crippen LogP contribution >= 0.6 is 0 Å². The number of halogens is 3. The van der Waals surface area contributed by atoms with Gasteiger partial charge in [-0.15, -0.1) is 0 Å². The molecule has 1 aromatic carbocycles. The van der Waals surface area contributed by atoms with Gasteiger partial charge in [0.15, 0.2) is 11.6 Å². The van der Waals surface area contributed by atoms with Crippen molar-refractivity contribution in [3.8, 4) is 0 Å². The molecule has 0 aliphatic carbocycles. The van der Waals surface area contributed by atoms with Crippen molar-refractivity contribution < 1.29 is 26.4 Å². The molecule has 0 aliphatic rings. The number of benzene rings is 1. The van der Waals surface area contributed by atoms with Crippen LogP contribution in [0.25, 0.3) is 0 Å². The molecule has 3 nitrogen and oxygen atoms in total. The van der Waals surface area contributed by atoms with E-state index in [1.165, 1.54) is 0 Å². The van der Waals surface area contributed by atoms with Crippen LogP contribution in [0.2, 0.25) is 6.04 Å². The van der Waals surface area contributed by atoms with E-state index in [-0.39, 0.29) is 30.3 Å². The molecule has 1 aromatic rings. The van der Waals surface area contributed by atoms with Crippen LogP contribution in [-0.2, 0) is 19.7 Å². The predicted octanol–water partition coefficient (Wildman–Crippen LogP) is 5.25. The van der Waals surface area contributed by atoms with Crippen LogP contribution in [0, 0.1) is 17.5 Å². The summed E-state index contributed by atoms with van der Waals surface area (Å²) in [6.45, 7) is 11.4. The molecule has 0 aliphatic heterocycles. The molecule has 0 saturated carbocycles. The lowest BCUT2D eigenvalue weighted by Crippen LogP contribution is -2.50. The summed E-state index contributed by atoms with van der Waals surface area (Å²) in [6.07, 6.45) is 0.500. The molecular formula is C18H29F3O3Si. The van der Waals surface area contributed by atoms with E-state index in [4.69, 9.17) is 13.3 Å². The Bertz CT molecular complexity index is 524. The van der Waals surface area contributed by atoms with Crippen molar-refractivity contribution in [2.45, 2.75) is 78.7 Å². The summed E-state index contributed by atoms with van der Waals surface area (Å²) in [5.41, 5.74) is 0.139. The SMILES string of the molecule is CC(C)O[Si](CCCc1cc(F)c(F)cc1F)(OC(C)C)OC(C)C. The average Bonchev–Trinajstić information content (AvgIpc) is 2.41. The molecule has 25 heavy (non-hydrogen) atoms. The van der Waals surface area contributed by atoms with Crippen molar-refractivity contribution in [2.24, 2.45) is 0 Å². The van der Waals surface area contributed by atoms with Gasteiger partial charge in [0.2, 0.25) is 0 Å². The second-order valence-electron chi connectivity index (χ2n) is 6.89. The molecule has 0 atom stereocenters. The lowest BCUT2D eigenvalue weighted by atomic mass is 10.1. The molecule has 1 rings (SSSR count). The van der Waals surface area contributed by atoms with E-state index >= 15 is 0 Å². The fourth-order valence-electron chi connectivity index (χ4n) is 2.59. The van der Waals surface area contributed by atoms with E-state index in [1.54, 1.807) is 0 Å². The van der Waals surface area contributed by atoms with Gasteiger partial charge in [-0.25, -0.2) is 13.2 Å². The molecule has 144 valence electrons. The van der Waals surface area contributed by atoms with Gasteiger partial charge in [-0.2, -0.15) is 0 Å². The maximum atomic E-state index is 13.8. The van der Waals surface area contributed by atoms with Crippen molar-refractivity contribution in [3.05, 3.63) is 35.1 Å². The highest BCUT2D eigenvalue weighted by Gasteiger charge is 2.43. The summed E-state index contributed by atoms with van der Waals surface area (Å²) in [7, 11) is -2.97. The molecule has 0 aromatic heterocycles. The Morgan fingerprint density at radius 3 is 1.64 bits per heavy atom. The minimum absolute atomic E-state index is 0.0795. The summed E-state index contributed by atoms with van der Waals surface area (Å²) < 4.78 is 58.3. The van der Waals surface area contributed by atoms with Crippen LogP contribution in [0.4, 0.5) is 13.2 Å². The fourth-order valence-corrected chi connectivity index (χ4v) is 5.87. The molecule has 0 N–H and O–H groups in total. The van der Waals surface area contributed by atoms with E-state index in [0.29, 0.717) is 18.5 Å². The monoisotopic (exact) mass is 378 g/mol. The van der Waals surface area contributed by atoms with Crippen LogP contribution in [-0.4, -0.2) is 27.1 Å². The topological polar surface area (TPSA) is 27.7 Å². The number of hydrogen-bond donors (Lipinski definition) is 0. The summed E-state index contributed by atoms with van der Waals surface area (Å²) in [6, 6.07) is 1.96. The van der Waals surface area contributed by atoms with Crippen LogP contribution in [0.5, 0.6) is 0 Å². The molecule has 7 heteroatoms. The first kappa shape index (κ1) is 22.1. The van der Waals surface area contributed by atoms with Crippen molar-refractivity contribution >= 4 is 8.80 Å². The number of rotatable bonds is 10. The van der Waals surface area contributed by atoms with Gasteiger partial charge in [0.1, 0.15) is 5.82 Å². The molecule has 0 amide bonds. The Hall–Kier alpha value is -0.893. The second-order valence-corrected chi connectivity index (χ2v) is 9.47. The first-order chi connectivity index (χ1) is 11.5. The van der Waals surface area contributed by atoms with E-state index in [9.17, 15) is 13.2 Å². The van der Waals surface area contributed by atoms with E-state index in [1.807, 2.05) is 41.5 Å². The first-order valence-corrected chi connectivity index (χ1v) is 10.6. The second kappa shape index (κ2) is 9.71. The molecule has 0 unspecified atom stereocenters. The van der Waals surface area contributed by atoms with Gasteiger partial charge in [-0.3, -0.25) is 0 Å². The van der Waals surface area contributed by atoms with Gasteiger partial charge in [0, 0.05) is 30.4 Å². The summed E-state index contributed by atoms with van der Waals surface area (Å²) in [4.78, 5) is 0. The third-order valence-corrected chi connectivity index (χ3v) is 6.72. The molecule has 0 heterocycles. The number of aryl methyl sites for hydroxylation is 1. The van der Waals surface area contributed by atoms with Gasteiger partial charge in [0.05, 0.1) is 0 Å². The molecule has 0 fully saturated rings. The highest BCUT2D eigenvalue weighted by atomic mass is 28.4. The quantitative estimate of drug-likeness (QED) is 0.411. The highest BCUT2D eigenvalue weighted by molar-refractivity contribution is 6.60. The zero-order valence-electron chi connectivity index (χ0n) is 15.9. The standard InChI is InChI=1S/C18H29F3O3Si/c1-12(2)22-25(23-13(3)4,24-14(5)6)9-7-8-15-10-17(20)18(21)11-16(15)19/h10-14H,7-9H2,1-6H3. The van der Waals surface area contributed by atoms with Crippen molar-refractivity contribution in [1.82, 2.24) is 0 Å². The Labute approximate surface area is 149 Å². The maximum Gasteiger partial charge on any atom is 0.501 e. The normalized spacial score (nSPS) is 12.6. The largest absolute Gasteiger partial charge is 0.501 e. The number of hydrogen-bond acceptors (Lipinski definition) is 3. The Morgan fingerprint density at radius 2 is 1.20 bits per heavy atom.